The molecule has 0 aliphatic carbocycles. The minimum absolute atomic E-state index is 0.922. The molecule has 0 atom stereocenters. The molecule has 12 aromatic carbocycles. The fourth-order valence-electron chi connectivity index (χ4n) is 9.94. The van der Waals surface area contributed by atoms with Gasteiger partial charge in [-0.3, -0.25) is 0 Å². The van der Waals surface area contributed by atoms with Gasteiger partial charge >= 0.3 is 0 Å². The monoisotopic (exact) mass is 694 g/mol. The minimum Gasteiger partial charge on any atom is -0.455 e. The van der Waals surface area contributed by atoms with Crippen molar-refractivity contribution in [2.45, 2.75) is 0 Å². The predicted octanol–water partition coefficient (Wildman–Crippen LogP) is 15.5. The van der Waals surface area contributed by atoms with E-state index in [9.17, 15) is 0 Å². The lowest BCUT2D eigenvalue weighted by Gasteiger charge is -2.16. The standard InChI is InChI=1S/C54H30O/c1-2-7-31(8-3-1)38-13-6-14-45-39(38)27-30-47-52-44(40-23-19-36-17-15-32-9-4-11-34-21-25-42(40)50(36)48(32)34)28-29-46(54(52)55-53(45)47)41-24-20-37-18-16-33-10-5-12-35-22-26-43(41)51(37)49(33)35/h1-30H. The van der Waals surface area contributed by atoms with E-state index in [1.165, 1.54) is 97.8 Å². The molecule has 1 aromatic heterocycles. The highest BCUT2D eigenvalue weighted by Crippen LogP contribution is 2.49. The molecule has 0 aliphatic heterocycles. The lowest BCUT2D eigenvalue weighted by Crippen LogP contribution is -1.90. The molecule has 0 aliphatic rings. The zero-order valence-electron chi connectivity index (χ0n) is 29.7. The minimum atomic E-state index is 0.922. The van der Waals surface area contributed by atoms with E-state index >= 15 is 0 Å². The quantitative estimate of drug-likeness (QED) is 0.168. The average Bonchev–Trinajstić information content (AvgIpc) is 3.65. The number of benzene rings is 12. The molecule has 0 unspecified atom stereocenters. The van der Waals surface area contributed by atoms with Crippen LogP contribution in [0.15, 0.2) is 186 Å². The zero-order chi connectivity index (χ0) is 35.8. The molecule has 1 heteroatoms. The van der Waals surface area contributed by atoms with E-state index < -0.39 is 0 Å². The maximum atomic E-state index is 7.32. The molecule has 13 aromatic rings. The molecule has 1 nitrogen and oxygen atoms in total. The third kappa shape index (κ3) is 3.92. The van der Waals surface area contributed by atoms with Crippen molar-refractivity contribution in [2.75, 3.05) is 0 Å². The summed E-state index contributed by atoms with van der Waals surface area (Å²) in [4.78, 5) is 0. The van der Waals surface area contributed by atoms with Gasteiger partial charge in [-0.15, -0.1) is 0 Å². The summed E-state index contributed by atoms with van der Waals surface area (Å²) in [5.74, 6) is 0. The first kappa shape index (κ1) is 29.3. The summed E-state index contributed by atoms with van der Waals surface area (Å²) in [7, 11) is 0. The summed E-state index contributed by atoms with van der Waals surface area (Å²) >= 11 is 0. The number of hydrogen-bond acceptors (Lipinski definition) is 1. The van der Waals surface area contributed by atoms with E-state index in [-0.39, 0.29) is 0 Å². The first-order valence-corrected chi connectivity index (χ1v) is 19.1. The van der Waals surface area contributed by atoms with E-state index in [4.69, 9.17) is 4.42 Å². The van der Waals surface area contributed by atoms with Gasteiger partial charge in [0.1, 0.15) is 11.2 Å². The van der Waals surface area contributed by atoms with Gasteiger partial charge in [-0.25, -0.2) is 0 Å². The Morgan fingerprint density at radius 3 is 1.33 bits per heavy atom. The number of furan rings is 1. The first-order chi connectivity index (χ1) is 27.3. The maximum absolute atomic E-state index is 7.32. The van der Waals surface area contributed by atoms with Crippen molar-refractivity contribution in [3.63, 3.8) is 0 Å². The molecule has 1 heterocycles. The van der Waals surface area contributed by atoms with Gasteiger partial charge in [-0.2, -0.15) is 0 Å². The summed E-state index contributed by atoms with van der Waals surface area (Å²) in [5, 5.41) is 20.0. The molecule has 0 fully saturated rings. The molecular formula is C54H30O. The second-order valence-corrected chi connectivity index (χ2v) is 15.1. The largest absolute Gasteiger partial charge is 0.455 e. The Morgan fingerprint density at radius 2 is 0.691 bits per heavy atom. The van der Waals surface area contributed by atoms with Gasteiger partial charge in [0.05, 0.1) is 0 Å². The molecule has 0 bridgehead atoms. The van der Waals surface area contributed by atoms with Crippen molar-refractivity contribution >= 4 is 97.3 Å². The van der Waals surface area contributed by atoms with Gasteiger partial charge in [0.2, 0.25) is 0 Å². The lowest BCUT2D eigenvalue weighted by molar-refractivity contribution is 0.674. The Balaban J connectivity index is 1.17. The van der Waals surface area contributed by atoms with Crippen LogP contribution in [-0.4, -0.2) is 0 Å². The van der Waals surface area contributed by atoms with Crippen molar-refractivity contribution in [1.82, 2.24) is 0 Å². The van der Waals surface area contributed by atoms with Crippen LogP contribution in [0.5, 0.6) is 0 Å². The smallest absolute Gasteiger partial charge is 0.143 e. The number of hydrogen-bond donors (Lipinski definition) is 0. The molecule has 0 amide bonds. The molecule has 0 spiro atoms. The van der Waals surface area contributed by atoms with Crippen molar-refractivity contribution in [1.29, 1.82) is 0 Å². The number of fused-ring (bicyclic) bond motifs is 5. The van der Waals surface area contributed by atoms with E-state index in [0.29, 0.717) is 0 Å². The van der Waals surface area contributed by atoms with Gasteiger partial charge < -0.3 is 4.42 Å². The van der Waals surface area contributed by atoms with Crippen LogP contribution in [-0.2, 0) is 0 Å². The Hall–Kier alpha value is -7.22. The van der Waals surface area contributed by atoms with Crippen molar-refractivity contribution in [3.05, 3.63) is 182 Å². The van der Waals surface area contributed by atoms with E-state index in [1.807, 2.05) is 0 Å². The Labute approximate surface area is 315 Å². The fourth-order valence-corrected chi connectivity index (χ4v) is 9.94. The van der Waals surface area contributed by atoms with Crippen LogP contribution in [0.1, 0.15) is 0 Å². The van der Waals surface area contributed by atoms with Gasteiger partial charge in [-0.05, 0) is 110 Å². The normalized spacial score (nSPS) is 12.4. The van der Waals surface area contributed by atoms with Crippen LogP contribution in [0, 0.1) is 0 Å². The molecule has 0 radical (unpaired) electrons. The van der Waals surface area contributed by atoms with Gasteiger partial charge in [-0.1, -0.05) is 170 Å². The fraction of sp³-hybridized carbons (Fsp3) is 0. The summed E-state index contributed by atoms with van der Waals surface area (Å²) < 4.78 is 7.32. The van der Waals surface area contributed by atoms with Gasteiger partial charge in [0.15, 0.2) is 0 Å². The second-order valence-electron chi connectivity index (χ2n) is 15.1. The SMILES string of the molecule is c1ccc(-c2cccc3c2ccc2c3oc3c(-c4ccc5ccc6cccc7ccc4c5c67)ccc(-c4ccc5ccc6cccc7ccc4c5c67)c32)cc1. The first-order valence-electron chi connectivity index (χ1n) is 19.1. The van der Waals surface area contributed by atoms with E-state index in [2.05, 4.69) is 182 Å². The Morgan fingerprint density at radius 1 is 0.218 bits per heavy atom. The van der Waals surface area contributed by atoms with Gasteiger partial charge in [0, 0.05) is 21.7 Å². The molecule has 0 saturated heterocycles. The van der Waals surface area contributed by atoms with Crippen LogP contribution in [0.4, 0.5) is 0 Å². The molecule has 0 N–H and O–H groups in total. The summed E-state index contributed by atoms with van der Waals surface area (Å²) in [6.45, 7) is 0. The lowest BCUT2D eigenvalue weighted by atomic mass is 9.86. The third-order valence-corrected chi connectivity index (χ3v) is 12.4. The Kier molecular flexibility index (Phi) is 5.69. The zero-order valence-corrected chi connectivity index (χ0v) is 29.7. The summed E-state index contributed by atoms with van der Waals surface area (Å²) in [6.07, 6.45) is 0. The molecule has 0 saturated carbocycles. The maximum Gasteiger partial charge on any atom is 0.143 e. The highest BCUT2D eigenvalue weighted by atomic mass is 16.3. The van der Waals surface area contributed by atoms with Crippen LogP contribution in [0.25, 0.3) is 131 Å². The van der Waals surface area contributed by atoms with E-state index in [0.717, 1.165) is 32.9 Å². The number of rotatable bonds is 3. The second kappa shape index (κ2) is 10.7. The van der Waals surface area contributed by atoms with Crippen LogP contribution < -0.4 is 0 Å². The van der Waals surface area contributed by atoms with Crippen LogP contribution in [0.3, 0.4) is 0 Å². The van der Waals surface area contributed by atoms with Crippen molar-refractivity contribution in [3.8, 4) is 33.4 Å². The summed E-state index contributed by atoms with van der Waals surface area (Å²) in [6, 6.07) is 67.2. The van der Waals surface area contributed by atoms with Crippen molar-refractivity contribution in [2.24, 2.45) is 0 Å². The topological polar surface area (TPSA) is 13.1 Å². The van der Waals surface area contributed by atoms with Crippen LogP contribution in [0.2, 0.25) is 0 Å². The molecule has 55 heavy (non-hydrogen) atoms. The molecule has 13 rings (SSSR count). The highest BCUT2D eigenvalue weighted by molar-refractivity contribution is 6.30. The van der Waals surface area contributed by atoms with Crippen LogP contribution >= 0.6 is 0 Å². The third-order valence-electron chi connectivity index (χ3n) is 12.4. The average molecular weight is 695 g/mol. The predicted molar refractivity (Wildman–Crippen MR) is 235 cm³/mol. The van der Waals surface area contributed by atoms with Crippen molar-refractivity contribution < 1.29 is 4.42 Å². The van der Waals surface area contributed by atoms with Gasteiger partial charge in [0.25, 0.3) is 0 Å². The Bertz CT molecular complexity index is 3670. The summed E-state index contributed by atoms with van der Waals surface area (Å²) in [5.41, 5.74) is 8.96. The highest BCUT2D eigenvalue weighted by Gasteiger charge is 2.23. The van der Waals surface area contributed by atoms with E-state index in [1.54, 1.807) is 0 Å². The molecule has 252 valence electrons. The molecular weight excluding hydrogens is 665 g/mol.